The first-order valence-electron chi connectivity index (χ1n) is 5.39. The van der Waals surface area contributed by atoms with Crippen LogP contribution in [-0.2, 0) is 0 Å². The van der Waals surface area contributed by atoms with Gasteiger partial charge in [0.05, 0.1) is 17.6 Å². The van der Waals surface area contributed by atoms with Gasteiger partial charge < -0.3 is 9.88 Å². The van der Waals surface area contributed by atoms with E-state index in [2.05, 4.69) is 33.7 Å². The van der Waals surface area contributed by atoms with E-state index >= 15 is 0 Å². The van der Waals surface area contributed by atoms with Crippen LogP contribution in [0.1, 0.15) is 25.6 Å². The van der Waals surface area contributed by atoms with E-state index in [1.54, 1.807) is 12.4 Å². The molecule has 0 saturated heterocycles. The number of nitrogens with one attached hydrogen (secondary N) is 1. The van der Waals surface area contributed by atoms with Crippen molar-refractivity contribution in [2.45, 2.75) is 26.8 Å². The van der Waals surface area contributed by atoms with Crippen LogP contribution in [0, 0.1) is 6.92 Å². The molecular weight excluding hydrogens is 200 g/mol. The van der Waals surface area contributed by atoms with Gasteiger partial charge >= 0.3 is 0 Å². The molecule has 2 heterocycles. The smallest absolute Gasteiger partial charge is 0.207 e. The summed E-state index contributed by atoms with van der Waals surface area (Å²) in [6.45, 7) is 6.26. The van der Waals surface area contributed by atoms with Gasteiger partial charge in [-0.25, -0.2) is 4.98 Å². The maximum Gasteiger partial charge on any atom is 0.207 e. The molecule has 4 heteroatoms. The van der Waals surface area contributed by atoms with E-state index in [0.29, 0.717) is 6.04 Å². The van der Waals surface area contributed by atoms with Crippen LogP contribution in [-0.4, -0.2) is 14.5 Å². The number of hydrogen-bond acceptors (Lipinski definition) is 3. The van der Waals surface area contributed by atoms with Crippen molar-refractivity contribution < 1.29 is 0 Å². The second-order valence-corrected chi connectivity index (χ2v) is 4.07. The molecule has 1 N–H and O–H groups in total. The Morgan fingerprint density at radius 3 is 2.81 bits per heavy atom. The minimum Gasteiger partial charge on any atom is -0.324 e. The van der Waals surface area contributed by atoms with Crippen LogP contribution in [0.15, 0.2) is 30.7 Å². The van der Waals surface area contributed by atoms with Crippen molar-refractivity contribution >= 4 is 11.6 Å². The van der Waals surface area contributed by atoms with Crippen LogP contribution in [0.3, 0.4) is 0 Å². The zero-order valence-corrected chi connectivity index (χ0v) is 9.81. The molecule has 0 radical (unpaired) electrons. The molecule has 4 nitrogen and oxygen atoms in total. The second kappa shape index (κ2) is 4.35. The highest BCUT2D eigenvalue weighted by Gasteiger charge is 2.08. The van der Waals surface area contributed by atoms with Crippen molar-refractivity contribution in [3.05, 3.63) is 36.4 Å². The number of anilines is 2. The van der Waals surface area contributed by atoms with Crippen LogP contribution in [0.25, 0.3) is 0 Å². The summed E-state index contributed by atoms with van der Waals surface area (Å²) in [5.74, 6) is 0.862. The van der Waals surface area contributed by atoms with Gasteiger partial charge in [0.2, 0.25) is 5.95 Å². The molecule has 0 unspecified atom stereocenters. The van der Waals surface area contributed by atoms with Crippen molar-refractivity contribution in [1.29, 1.82) is 0 Å². The van der Waals surface area contributed by atoms with E-state index in [-0.39, 0.29) is 0 Å². The summed E-state index contributed by atoms with van der Waals surface area (Å²) in [6.07, 6.45) is 5.59. The number of rotatable bonds is 3. The van der Waals surface area contributed by atoms with Crippen molar-refractivity contribution in [2.75, 3.05) is 5.32 Å². The van der Waals surface area contributed by atoms with Crippen LogP contribution in [0.5, 0.6) is 0 Å². The fraction of sp³-hybridized carbons (Fsp3) is 0.333. The number of nitrogens with zero attached hydrogens (tertiary/aromatic N) is 3. The number of aryl methyl sites for hydroxylation is 1. The topological polar surface area (TPSA) is 42.7 Å². The van der Waals surface area contributed by atoms with Gasteiger partial charge in [-0.3, -0.25) is 4.98 Å². The molecule has 0 fully saturated rings. The zero-order chi connectivity index (χ0) is 11.5. The van der Waals surface area contributed by atoms with Gasteiger partial charge in [0.25, 0.3) is 0 Å². The summed E-state index contributed by atoms with van der Waals surface area (Å²) < 4.78 is 2.11. The Hall–Kier alpha value is -1.84. The summed E-state index contributed by atoms with van der Waals surface area (Å²) in [4.78, 5) is 8.51. The lowest BCUT2D eigenvalue weighted by Crippen LogP contribution is -2.05. The summed E-state index contributed by atoms with van der Waals surface area (Å²) in [6, 6.07) is 4.26. The Morgan fingerprint density at radius 2 is 2.19 bits per heavy atom. The Bertz CT molecular complexity index is 459. The SMILES string of the molecule is Cc1cn(C(C)C)c(Nc2cccnc2)n1. The average molecular weight is 216 g/mol. The predicted octanol–water partition coefficient (Wildman–Crippen LogP) is 2.91. The minimum atomic E-state index is 0.389. The van der Waals surface area contributed by atoms with Gasteiger partial charge in [0.15, 0.2) is 0 Å². The van der Waals surface area contributed by atoms with Crippen LogP contribution in [0.2, 0.25) is 0 Å². The monoisotopic (exact) mass is 216 g/mol. The van der Waals surface area contributed by atoms with Gasteiger partial charge in [-0.2, -0.15) is 0 Å². The molecular formula is C12H16N4. The minimum absolute atomic E-state index is 0.389. The molecule has 2 aromatic heterocycles. The number of aromatic nitrogens is 3. The number of imidazole rings is 1. The molecule has 84 valence electrons. The van der Waals surface area contributed by atoms with E-state index < -0.39 is 0 Å². The van der Waals surface area contributed by atoms with E-state index in [4.69, 9.17) is 0 Å². The Morgan fingerprint density at radius 1 is 1.38 bits per heavy atom. The quantitative estimate of drug-likeness (QED) is 0.857. The van der Waals surface area contributed by atoms with E-state index in [9.17, 15) is 0 Å². The van der Waals surface area contributed by atoms with Crippen LogP contribution >= 0.6 is 0 Å². The predicted molar refractivity (Wildman–Crippen MR) is 64.9 cm³/mol. The molecule has 16 heavy (non-hydrogen) atoms. The maximum absolute atomic E-state index is 4.45. The molecule has 0 aromatic carbocycles. The summed E-state index contributed by atoms with van der Waals surface area (Å²) >= 11 is 0. The Kier molecular flexibility index (Phi) is 2.90. The highest BCUT2D eigenvalue weighted by Crippen LogP contribution is 2.19. The highest BCUT2D eigenvalue weighted by molar-refractivity contribution is 5.52. The summed E-state index contributed by atoms with van der Waals surface area (Å²) in [5, 5.41) is 3.26. The zero-order valence-electron chi connectivity index (χ0n) is 9.81. The third-order valence-electron chi connectivity index (χ3n) is 2.33. The molecule has 0 spiro atoms. The first-order chi connectivity index (χ1) is 7.66. The molecule has 2 rings (SSSR count). The molecule has 2 aromatic rings. The van der Waals surface area contributed by atoms with Crippen molar-refractivity contribution in [3.8, 4) is 0 Å². The fourth-order valence-electron chi connectivity index (χ4n) is 1.57. The second-order valence-electron chi connectivity index (χ2n) is 4.07. The lowest BCUT2D eigenvalue weighted by molar-refractivity contribution is 0.607. The third kappa shape index (κ3) is 2.21. The summed E-state index contributed by atoms with van der Waals surface area (Å²) in [7, 11) is 0. The molecule has 0 saturated carbocycles. The Balaban J connectivity index is 2.28. The highest BCUT2D eigenvalue weighted by atomic mass is 15.2. The van der Waals surface area contributed by atoms with Crippen molar-refractivity contribution in [1.82, 2.24) is 14.5 Å². The van der Waals surface area contributed by atoms with E-state index in [1.165, 1.54) is 0 Å². The normalized spacial score (nSPS) is 10.8. The largest absolute Gasteiger partial charge is 0.324 e. The van der Waals surface area contributed by atoms with Crippen molar-refractivity contribution in [2.24, 2.45) is 0 Å². The van der Waals surface area contributed by atoms with Gasteiger partial charge in [-0.15, -0.1) is 0 Å². The summed E-state index contributed by atoms with van der Waals surface area (Å²) in [5.41, 5.74) is 1.97. The van der Waals surface area contributed by atoms with E-state index in [1.807, 2.05) is 25.3 Å². The molecule has 0 atom stereocenters. The average Bonchev–Trinajstić information content (AvgIpc) is 2.61. The van der Waals surface area contributed by atoms with Crippen LogP contribution in [0.4, 0.5) is 11.6 Å². The first-order valence-corrected chi connectivity index (χ1v) is 5.39. The standard InChI is InChI=1S/C12H16N4/c1-9(2)16-8-10(3)14-12(16)15-11-5-4-6-13-7-11/h4-9H,1-3H3,(H,14,15). The van der Waals surface area contributed by atoms with Crippen LogP contribution < -0.4 is 5.32 Å². The first kappa shape index (κ1) is 10.7. The van der Waals surface area contributed by atoms with Gasteiger partial charge in [0.1, 0.15) is 0 Å². The molecule has 0 bridgehead atoms. The Labute approximate surface area is 95.4 Å². The lowest BCUT2D eigenvalue weighted by atomic mass is 10.4. The molecule has 0 aliphatic heterocycles. The number of hydrogen-bond donors (Lipinski definition) is 1. The van der Waals surface area contributed by atoms with Gasteiger partial charge in [-0.05, 0) is 32.9 Å². The number of pyridine rings is 1. The molecule has 0 aliphatic rings. The van der Waals surface area contributed by atoms with Crippen molar-refractivity contribution in [3.63, 3.8) is 0 Å². The van der Waals surface area contributed by atoms with Gasteiger partial charge in [0, 0.05) is 18.4 Å². The maximum atomic E-state index is 4.45. The van der Waals surface area contributed by atoms with Gasteiger partial charge in [-0.1, -0.05) is 0 Å². The molecule has 0 aliphatic carbocycles. The lowest BCUT2D eigenvalue weighted by Gasteiger charge is -2.12. The third-order valence-corrected chi connectivity index (χ3v) is 2.33. The fourth-order valence-corrected chi connectivity index (χ4v) is 1.57. The molecule has 0 amide bonds. The van der Waals surface area contributed by atoms with E-state index in [0.717, 1.165) is 17.3 Å².